The van der Waals surface area contributed by atoms with Gasteiger partial charge < -0.3 is 18.9 Å². The maximum atomic E-state index is 12.0. The lowest BCUT2D eigenvalue weighted by Crippen LogP contribution is -2.33. The molecular formula is C15H17NO7. The van der Waals surface area contributed by atoms with Crippen LogP contribution in [0.2, 0.25) is 0 Å². The molecule has 0 aromatic heterocycles. The number of ether oxygens (including phenoxy) is 4. The van der Waals surface area contributed by atoms with Gasteiger partial charge in [0.05, 0.1) is 17.1 Å². The molecule has 23 heavy (non-hydrogen) atoms. The van der Waals surface area contributed by atoms with Crippen molar-refractivity contribution in [2.45, 2.75) is 37.9 Å². The van der Waals surface area contributed by atoms with Gasteiger partial charge in [-0.3, -0.25) is 10.1 Å². The third kappa shape index (κ3) is 3.34. The highest BCUT2D eigenvalue weighted by molar-refractivity contribution is 5.89. The van der Waals surface area contributed by atoms with Crippen LogP contribution in [0.25, 0.3) is 0 Å². The second-order valence-corrected chi connectivity index (χ2v) is 5.91. The van der Waals surface area contributed by atoms with E-state index in [1.165, 1.54) is 24.3 Å². The maximum Gasteiger partial charge on any atom is 0.338 e. The van der Waals surface area contributed by atoms with Crippen LogP contribution in [0.3, 0.4) is 0 Å². The molecule has 0 spiro atoms. The zero-order valence-electron chi connectivity index (χ0n) is 12.8. The van der Waals surface area contributed by atoms with E-state index in [2.05, 4.69) is 0 Å². The van der Waals surface area contributed by atoms with E-state index >= 15 is 0 Å². The molecule has 2 fully saturated rings. The number of carbonyl (C=O) groups excluding carboxylic acids is 1. The van der Waals surface area contributed by atoms with E-state index in [4.69, 9.17) is 18.9 Å². The summed E-state index contributed by atoms with van der Waals surface area (Å²) in [4.78, 5) is 22.0. The number of esters is 1. The topological polar surface area (TPSA) is 97.1 Å². The van der Waals surface area contributed by atoms with Gasteiger partial charge >= 0.3 is 5.97 Å². The first-order chi connectivity index (χ1) is 10.9. The largest absolute Gasteiger partial charge is 0.459 e. The second kappa shape index (κ2) is 5.88. The quantitative estimate of drug-likeness (QED) is 0.472. The van der Waals surface area contributed by atoms with Crippen molar-refractivity contribution in [1.29, 1.82) is 0 Å². The number of hydrogen-bond acceptors (Lipinski definition) is 7. The molecule has 2 saturated heterocycles. The van der Waals surface area contributed by atoms with Crippen LogP contribution in [0.4, 0.5) is 5.69 Å². The summed E-state index contributed by atoms with van der Waals surface area (Å²) in [7, 11) is 0. The highest BCUT2D eigenvalue weighted by Crippen LogP contribution is 2.35. The highest BCUT2D eigenvalue weighted by atomic mass is 16.8. The Morgan fingerprint density at radius 3 is 2.70 bits per heavy atom. The van der Waals surface area contributed by atoms with Gasteiger partial charge in [-0.05, 0) is 26.0 Å². The van der Waals surface area contributed by atoms with Crippen LogP contribution in [-0.2, 0) is 18.9 Å². The number of non-ortho nitro benzene ring substituents is 1. The van der Waals surface area contributed by atoms with Crippen molar-refractivity contribution in [3.05, 3.63) is 39.9 Å². The molecule has 8 heteroatoms. The molecule has 1 aromatic carbocycles. The van der Waals surface area contributed by atoms with E-state index in [1.807, 2.05) is 13.8 Å². The number of nitro benzene ring substituents is 1. The Hall–Kier alpha value is -2.03. The van der Waals surface area contributed by atoms with Crippen LogP contribution in [0.1, 0.15) is 24.2 Å². The van der Waals surface area contributed by atoms with E-state index in [0.29, 0.717) is 6.61 Å². The molecule has 1 aromatic rings. The Morgan fingerprint density at radius 1 is 1.35 bits per heavy atom. The Bertz CT molecular complexity index is 613. The summed E-state index contributed by atoms with van der Waals surface area (Å²) in [5.74, 6) is -1.23. The van der Waals surface area contributed by atoms with E-state index in [0.717, 1.165) is 0 Å². The van der Waals surface area contributed by atoms with E-state index in [9.17, 15) is 14.9 Å². The number of benzene rings is 1. The van der Waals surface area contributed by atoms with Crippen LogP contribution < -0.4 is 0 Å². The van der Waals surface area contributed by atoms with E-state index < -0.39 is 16.7 Å². The molecule has 8 nitrogen and oxygen atoms in total. The van der Waals surface area contributed by atoms with Crippen LogP contribution in [-0.4, -0.2) is 48.2 Å². The third-order valence-electron chi connectivity index (χ3n) is 3.76. The molecule has 0 saturated carbocycles. The van der Waals surface area contributed by atoms with Crippen molar-refractivity contribution in [2.24, 2.45) is 0 Å². The van der Waals surface area contributed by atoms with Crippen molar-refractivity contribution in [1.82, 2.24) is 0 Å². The fourth-order valence-corrected chi connectivity index (χ4v) is 2.72. The van der Waals surface area contributed by atoms with Crippen molar-refractivity contribution in [2.75, 3.05) is 13.2 Å². The van der Waals surface area contributed by atoms with Gasteiger partial charge in [0.2, 0.25) is 0 Å². The molecule has 0 aliphatic carbocycles. The lowest BCUT2D eigenvalue weighted by Gasteiger charge is -2.21. The first kappa shape index (κ1) is 15.9. The Balaban J connectivity index is 1.56. The van der Waals surface area contributed by atoms with Gasteiger partial charge in [0.25, 0.3) is 5.69 Å². The van der Waals surface area contributed by atoms with Gasteiger partial charge in [0, 0.05) is 12.1 Å². The Labute approximate surface area is 132 Å². The lowest BCUT2D eigenvalue weighted by molar-refractivity contribution is -0.384. The first-order valence-electron chi connectivity index (χ1n) is 7.24. The summed E-state index contributed by atoms with van der Waals surface area (Å²) in [6, 6.07) is 5.23. The minimum atomic E-state index is -0.667. The molecule has 2 aliphatic rings. The van der Waals surface area contributed by atoms with Crippen LogP contribution in [0, 0.1) is 10.1 Å². The Kier molecular flexibility index (Phi) is 4.05. The molecule has 2 heterocycles. The molecule has 3 atom stereocenters. The molecular weight excluding hydrogens is 306 g/mol. The van der Waals surface area contributed by atoms with Crippen LogP contribution >= 0.6 is 0 Å². The van der Waals surface area contributed by atoms with Gasteiger partial charge in [-0.1, -0.05) is 0 Å². The molecule has 124 valence electrons. The average molecular weight is 323 g/mol. The van der Waals surface area contributed by atoms with Gasteiger partial charge in [-0.15, -0.1) is 0 Å². The number of rotatable bonds is 4. The van der Waals surface area contributed by atoms with Gasteiger partial charge in [-0.25, -0.2) is 4.79 Å². The number of nitrogens with zero attached hydrogens (tertiary/aromatic N) is 1. The van der Waals surface area contributed by atoms with Crippen molar-refractivity contribution >= 4 is 11.7 Å². The smallest absolute Gasteiger partial charge is 0.338 e. The molecule has 2 aliphatic heterocycles. The maximum absolute atomic E-state index is 12.0. The van der Waals surface area contributed by atoms with Crippen molar-refractivity contribution < 1.29 is 28.7 Å². The average Bonchev–Trinajstić information content (AvgIpc) is 3.00. The second-order valence-electron chi connectivity index (χ2n) is 5.91. The molecule has 0 amide bonds. The minimum Gasteiger partial charge on any atom is -0.459 e. The summed E-state index contributed by atoms with van der Waals surface area (Å²) in [5.41, 5.74) is 0.163. The van der Waals surface area contributed by atoms with Crippen LogP contribution in [0.15, 0.2) is 24.3 Å². The third-order valence-corrected chi connectivity index (χ3v) is 3.76. The van der Waals surface area contributed by atoms with Gasteiger partial charge in [-0.2, -0.15) is 0 Å². The number of hydrogen-bond donors (Lipinski definition) is 0. The van der Waals surface area contributed by atoms with Crippen molar-refractivity contribution in [3.8, 4) is 0 Å². The Morgan fingerprint density at radius 2 is 2.04 bits per heavy atom. The number of fused-ring (bicyclic) bond motifs is 1. The standard InChI is InChI=1S/C15H17NO7/c1-15(2)22-12-8-20-11(13(12)23-15)7-21-14(17)9-3-5-10(6-4-9)16(18)19/h3-6,11-13H,7-8H2,1-2H3. The summed E-state index contributed by atoms with van der Waals surface area (Å²) in [6.45, 7) is 4.08. The van der Waals surface area contributed by atoms with E-state index in [-0.39, 0.29) is 36.2 Å². The molecule has 0 N–H and O–H groups in total. The van der Waals surface area contributed by atoms with Gasteiger partial charge in [0.15, 0.2) is 5.79 Å². The summed E-state index contributed by atoms with van der Waals surface area (Å²) < 4.78 is 22.2. The fourth-order valence-electron chi connectivity index (χ4n) is 2.72. The lowest BCUT2D eigenvalue weighted by atomic mass is 10.1. The van der Waals surface area contributed by atoms with Crippen LogP contribution in [0.5, 0.6) is 0 Å². The monoisotopic (exact) mass is 323 g/mol. The van der Waals surface area contributed by atoms with E-state index in [1.54, 1.807) is 0 Å². The molecule has 0 radical (unpaired) electrons. The molecule has 3 unspecified atom stereocenters. The zero-order valence-corrected chi connectivity index (χ0v) is 12.8. The highest BCUT2D eigenvalue weighted by Gasteiger charge is 2.50. The normalized spacial score (nSPS) is 28.3. The van der Waals surface area contributed by atoms with Gasteiger partial charge in [0.1, 0.15) is 24.9 Å². The number of nitro groups is 1. The number of carbonyl (C=O) groups is 1. The summed E-state index contributed by atoms with van der Waals surface area (Å²) >= 11 is 0. The first-order valence-corrected chi connectivity index (χ1v) is 7.24. The molecule has 0 bridgehead atoms. The zero-order chi connectivity index (χ0) is 16.6. The SMILES string of the molecule is CC1(C)OC2COC(COC(=O)c3ccc([N+](=O)[O-])cc3)C2O1. The summed E-state index contributed by atoms with van der Waals surface area (Å²) in [5, 5.41) is 10.6. The minimum absolute atomic E-state index is 0.0381. The molecule has 3 rings (SSSR count). The predicted molar refractivity (Wildman–Crippen MR) is 76.9 cm³/mol. The summed E-state index contributed by atoms with van der Waals surface area (Å²) in [6.07, 6.45) is -0.813. The fraction of sp³-hybridized carbons (Fsp3) is 0.533. The predicted octanol–water partition coefficient (Wildman–Crippen LogP) is 1.67. The van der Waals surface area contributed by atoms with Crippen molar-refractivity contribution in [3.63, 3.8) is 0 Å².